The summed E-state index contributed by atoms with van der Waals surface area (Å²) in [5, 5.41) is 3.95. The van der Waals surface area contributed by atoms with Crippen molar-refractivity contribution in [2.75, 3.05) is 12.4 Å². The van der Waals surface area contributed by atoms with Gasteiger partial charge >= 0.3 is 24.1 Å². The Balaban J connectivity index is 2.75. The van der Waals surface area contributed by atoms with Gasteiger partial charge in [-0.3, -0.25) is 4.79 Å². The Kier molecular flexibility index (Phi) is 8.00. The van der Waals surface area contributed by atoms with Crippen LogP contribution in [0.25, 0.3) is 0 Å². The highest BCUT2D eigenvalue weighted by Crippen LogP contribution is 2.17. The van der Waals surface area contributed by atoms with E-state index in [-0.39, 0.29) is 12.2 Å². The Labute approximate surface area is 165 Å². The highest BCUT2D eigenvalue weighted by molar-refractivity contribution is 5.94. The smallest absolute Gasteiger partial charge is 0.467 e. The number of methoxy groups -OCH3 is 1. The van der Waals surface area contributed by atoms with Gasteiger partial charge in [-0.15, -0.1) is 0 Å². The van der Waals surface area contributed by atoms with Crippen LogP contribution in [0, 0.1) is 11.8 Å². The Morgan fingerprint density at radius 1 is 1.21 bits per heavy atom. The summed E-state index contributed by atoms with van der Waals surface area (Å²) < 4.78 is 46.3. The molecular formula is C18H20F3N3O5. The van der Waals surface area contributed by atoms with Crippen molar-refractivity contribution in [3.8, 4) is 11.8 Å². The predicted octanol–water partition coefficient (Wildman–Crippen LogP) is 2.39. The molecule has 0 spiro atoms. The first kappa shape index (κ1) is 23.7. The van der Waals surface area contributed by atoms with Crippen molar-refractivity contribution >= 4 is 23.8 Å². The average molecular weight is 415 g/mol. The fourth-order valence-corrected chi connectivity index (χ4v) is 1.77. The average Bonchev–Trinajstić information content (AvgIpc) is 2.59. The van der Waals surface area contributed by atoms with Crippen LogP contribution < -0.4 is 10.6 Å². The van der Waals surface area contributed by atoms with E-state index < -0.39 is 35.8 Å². The maximum atomic E-state index is 12.2. The lowest BCUT2D eigenvalue weighted by Gasteiger charge is -2.21. The number of carbonyl (C=O) groups excluding carboxylic acids is 3. The van der Waals surface area contributed by atoms with E-state index in [0.717, 1.165) is 19.4 Å². The van der Waals surface area contributed by atoms with Gasteiger partial charge in [-0.2, -0.15) is 13.2 Å². The monoisotopic (exact) mass is 415 g/mol. The second kappa shape index (κ2) is 9.77. The van der Waals surface area contributed by atoms with Gasteiger partial charge in [0.15, 0.2) is 0 Å². The number of nitrogens with one attached hydrogen (secondary N) is 2. The van der Waals surface area contributed by atoms with Crippen molar-refractivity contribution in [1.82, 2.24) is 10.3 Å². The first-order chi connectivity index (χ1) is 13.3. The second-order valence-electron chi connectivity index (χ2n) is 6.61. The number of alkyl carbamates (subject to hydrolysis) is 1. The summed E-state index contributed by atoms with van der Waals surface area (Å²) >= 11 is 0. The molecule has 1 aromatic heterocycles. The molecule has 0 aromatic carbocycles. The molecule has 11 heteroatoms. The number of alkyl halides is 3. The number of anilines is 1. The number of hydrogen-bond acceptors (Lipinski definition) is 6. The largest absolute Gasteiger partial charge is 0.471 e. The van der Waals surface area contributed by atoms with Gasteiger partial charge in [0, 0.05) is 18.2 Å². The van der Waals surface area contributed by atoms with Crippen molar-refractivity contribution in [1.29, 1.82) is 0 Å². The molecule has 1 heterocycles. The quantitative estimate of drug-likeness (QED) is 0.578. The lowest BCUT2D eigenvalue weighted by atomic mass is 10.2. The van der Waals surface area contributed by atoms with Gasteiger partial charge in [-0.1, -0.05) is 11.8 Å². The molecule has 0 radical (unpaired) electrons. The standard InChI is InChI=1S/C18H20F3N3O5/c1-17(2,3)29-16(27)23-12(14(25)28-4)7-5-6-11-8-9-13(22-10-11)24-15(26)18(19,20)21/h8-10,12H,7H2,1-4H3,(H,23,27)(H,22,24,26). The van der Waals surface area contributed by atoms with E-state index in [4.69, 9.17) is 4.74 Å². The zero-order valence-corrected chi connectivity index (χ0v) is 16.1. The molecule has 0 aliphatic rings. The van der Waals surface area contributed by atoms with Gasteiger partial charge in [0.05, 0.1) is 7.11 Å². The van der Waals surface area contributed by atoms with Crippen LogP contribution in [0.5, 0.6) is 0 Å². The van der Waals surface area contributed by atoms with E-state index in [2.05, 4.69) is 26.9 Å². The third kappa shape index (κ3) is 8.96. The van der Waals surface area contributed by atoms with Gasteiger partial charge in [0.2, 0.25) is 0 Å². The second-order valence-corrected chi connectivity index (χ2v) is 6.61. The van der Waals surface area contributed by atoms with E-state index in [1.165, 1.54) is 6.07 Å². The third-order valence-electron chi connectivity index (χ3n) is 2.98. The molecule has 1 atom stereocenters. The third-order valence-corrected chi connectivity index (χ3v) is 2.98. The van der Waals surface area contributed by atoms with Gasteiger partial charge in [-0.05, 0) is 32.9 Å². The predicted molar refractivity (Wildman–Crippen MR) is 95.6 cm³/mol. The number of rotatable bonds is 4. The van der Waals surface area contributed by atoms with Crippen LogP contribution in [0.3, 0.4) is 0 Å². The van der Waals surface area contributed by atoms with Crippen molar-refractivity contribution in [2.24, 2.45) is 0 Å². The maximum Gasteiger partial charge on any atom is 0.471 e. The molecule has 29 heavy (non-hydrogen) atoms. The summed E-state index contributed by atoms with van der Waals surface area (Å²) in [7, 11) is 1.15. The zero-order chi connectivity index (χ0) is 22.2. The number of halogens is 3. The SMILES string of the molecule is COC(=O)C(CC#Cc1ccc(NC(=O)C(F)(F)F)nc1)NC(=O)OC(C)(C)C. The van der Waals surface area contributed by atoms with Gasteiger partial charge < -0.3 is 20.1 Å². The van der Waals surface area contributed by atoms with Gasteiger partial charge in [0.1, 0.15) is 17.5 Å². The number of aromatic nitrogens is 1. The molecule has 0 aliphatic carbocycles. The fourth-order valence-electron chi connectivity index (χ4n) is 1.77. The minimum Gasteiger partial charge on any atom is -0.467 e. The zero-order valence-electron chi connectivity index (χ0n) is 16.1. The van der Waals surface area contributed by atoms with Crippen LogP contribution in [0.1, 0.15) is 32.8 Å². The lowest BCUT2D eigenvalue weighted by Crippen LogP contribution is -2.43. The Bertz CT molecular complexity index is 805. The highest BCUT2D eigenvalue weighted by Gasteiger charge is 2.38. The first-order valence-corrected chi connectivity index (χ1v) is 8.22. The molecule has 2 N–H and O–H groups in total. The molecule has 0 saturated carbocycles. The number of nitrogens with zero attached hydrogens (tertiary/aromatic N) is 1. The number of esters is 1. The van der Waals surface area contributed by atoms with Crippen LogP contribution in [0.15, 0.2) is 18.3 Å². The van der Waals surface area contributed by atoms with E-state index in [1.54, 1.807) is 26.1 Å². The van der Waals surface area contributed by atoms with Crippen LogP contribution in [0.4, 0.5) is 23.8 Å². The summed E-state index contributed by atoms with van der Waals surface area (Å²) in [5.41, 5.74) is -0.443. The Hall–Kier alpha value is -3.29. The molecule has 1 unspecified atom stereocenters. The Morgan fingerprint density at radius 3 is 2.34 bits per heavy atom. The molecule has 8 nitrogen and oxygen atoms in total. The normalized spacial score (nSPS) is 12.1. The number of ether oxygens (including phenoxy) is 2. The molecule has 0 aliphatic heterocycles. The van der Waals surface area contributed by atoms with Crippen LogP contribution >= 0.6 is 0 Å². The fraction of sp³-hybridized carbons (Fsp3) is 0.444. The molecule has 0 saturated heterocycles. The summed E-state index contributed by atoms with van der Waals surface area (Å²) in [6.07, 6.45) is -4.81. The van der Waals surface area contributed by atoms with Crippen molar-refractivity contribution in [2.45, 2.75) is 45.0 Å². The number of pyridine rings is 1. The maximum absolute atomic E-state index is 12.2. The Morgan fingerprint density at radius 2 is 1.86 bits per heavy atom. The van der Waals surface area contributed by atoms with Crippen molar-refractivity contribution in [3.63, 3.8) is 0 Å². The molecular weight excluding hydrogens is 395 g/mol. The summed E-state index contributed by atoms with van der Waals surface area (Å²) in [6, 6.07) is 1.39. The van der Waals surface area contributed by atoms with Crippen LogP contribution in [-0.2, 0) is 19.1 Å². The van der Waals surface area contributed by atoms with Crippen molar-refractivity contribution < 1.29 is 37.0 Å². The van der Waals surface area contributed by atoms with Crippen LogP contribution in [0.2, 0.25) is 0 Å². The topological polar surface area (TPSA) is 107 Å². The first-order valence-electron chi connectivity index (χ1n) is 8.22. The van der Waals surface area contributed by atoms with E-state index in [1.807, 2.05) is 0 Å². The molecule has 158 valence electrons. The molecule has 1 rings (SSSR count). The molecule has 2 amide bonds. The van der Waals surface area contributed by atoms with E-state index in [0.29, 0.717) is 5.56 Å². The van der Waals surface area contributed by atoms with E-state index >= 15 is 0 Å². The lowest BCUT2D eigenvalue weighted by molar-refractivity contribution is -0.167. The molecule has 0 bridgehead atoms. The van der Waals surface area contributed by atoms with E-state index in [9.17, 15) is 27.6 Å². The number of carbonyl (C=O) groups is 3. The van der Waals surface area contributed by atoms with Gasteiger partial charge in [-0.25, -0.2) is 14.6 Å². The summed E-state index contributed by atoms with van der Waals surface area (Å²) in [5.74, 6) is 2.12. The number of amides is 2. The number of hydrogen-bond donors (Lipinski definition) is 2. The minimum absolute atomic E-state index is 0.113. The summed E-state index contributed by atoms with van der Waals surface area (Å²) in [6.45, 7) is 4.98. The highest BCUT2D eigenvalue weighted by atomic mass is 19.4. The van der Waals surface area contributed by atoms with Crippen molar-refractivity contribution in [3.05, 3.63) is 23.9 Å². The minimum atomic E-state index is -5.02. The van der Waals surface area contributed by atoms with Crippen LogP contribution in [-0.4, -0.2) is 47.9 Å². The van der Waals surface area contributed by atoms with Gasteiger partial charge in [0.25, 0.3) is 0 Å². The molecule has 1 aromatic rings. The molecule has 0 fully saturated rings. The summed E-state index contributed by atoms with van der Waals surface area (Å²) in [4.78, 5) is 38.1.